The number of aromatic nitrogens is 3. The molecule has 1 aromatic carbocycles. The van der Waals surface area contributed by atoms with Crippen molar-refractivity contribution in [2.45, 2.75) is 32.2 Å². The van der Waals surface area contributed by atoms with Gasteiger partial charge < -0.3 is 0 Å². The largest absolute Gasteiger partial charge is 0.276 e. The predicted octanol–water partition coefficient (Wildman–Crippen LogP) is 2.87. The van der Waals surface area contributed by atoms with Crippen molar-refractivity contribution in [3.8, 4) is 0 Å². The van der Waals surface area contributed by atoms with Crippen LogP contribution in [-0.2, 0) is 16.6 Å². The van der Waals surface area contributed by atoms with E-state index in [0.717, 1.165) is 11.1 Å². The Morgan fingerprint density at radius 3 is 2.61 bits per heavy atom. The van der Waals surface area contributed by atoms with Crippen LogP contribution < -0.4 is 4.72 Å². The quantitative estimate of drug-likeness (QED) is 0.798. The SMILES string of the molecule is CCn1nc(C)c(NS(=O)(=O)c2cccc3cccnc23)c1C. The lowest BCUT2D eigenvalue weighted by atomic mass is 10.2. The van der Waals surface area contributed by atoms with Crippen LogP contribution in [0.2, 0.25) is 0 Å². The van der Waals surface area contributed by atoms with Gasteiger partial charge in [0.15, 0.2) is 0 Å². The topological polar surface area (TPSA) is 76.9 Å². The molecule has 0 aliphatic heterocycles. The Morgan fingerprint density at radius 2 is 1.91 bits per heavy atom. The van der Waals surface area contributed by atoms with Crippen LogP contribution in [0.1, 0.15) is 18.3 Å². The zero-order chi connectivity index (χ0) is 16.6. The van der Waals surface area contributed by atoms with Crippen LogP contribution in [0.25, 0.3) is 10.9 Å². The zero-order valence-corrected chi connectivity index (χ0v) is 14.1. The molecule has 0 aliphatic rings. The van der Waals surface area contributed by atoms with E-state index in [1.54, 1.807) is 36.0 Å². The van der Waals surface area contributed by atoms with Crippen molar-refractivity contribution < 1.29 is 8.42 Å². The smallest absolute Gasteiger partial charge is 0.264 e. The number of nitrogens with one attached hydrogen (secondary N) is 1. The van der Waals surface area contributed by atoms with Gasteiger partial charge >= 0.3 is 0 Å². The molecule has 3 rings (SSSR count). The van der Waals surface area contributed by atoms with Gasteiger partial charge in [0, 0.05) is 18.1 Å². The molecule has 0 atom stereocenters. The fourth-order valence-electron chi connectivity index (χ4n) is 2.63. The second kappa shape index (κ2) is 5.66. The van der Waals surface area contributed by atoms with Gasteiger partial charge in [-0.15, -0.1) is 0 Å². The second-order valence-electron chi connectivity index (χ2n) is 5.30. The molecule has 6 nitrogen and oxygen atoms in total. The zero-order valence-electron chi connectivity index (χ0n) is 13.2. The minimum Gasteiger partial charge on any atom is -0.276 e. The van der Waals surface area contributed by atoms with Crippen molar-refractivity contribution in [3.05, 3.63) is 47.9 Å². The lowest BCUT2D eigenvalue weighted by molar-refractivity contribution is 0.601. The number of pyridine rings is 1. The van der Waals surface area contributed by atoms with E-state index < -0.39 is 10.0 Å². The summed E-state index contributed by atoms with van der Waals surface area (Å²) in [6.45, 7) is 6.29. The van der Waals surface area contributed by atoms with Gasteiger partial charge in [0.25, 0.3) is 10.0 Å². The molecule has 2 aromatic heterocycles. The molecule has 0 fully saturated rings. The van der Waals surface area contributed by atoms with Gasteiger partial charge in [-0.2, -0.15) is 5.10 Å². The van der Waals surface area contributed by atoms with Crippen molar-refractivity contribution in [1.29, 1.82) is 0 Å². The van der Waals surface area contributed by atoms with Crippen molar-refractivity contribution in [3.63, 3.8) is 0 Å². The Balaban J connectivity index is 2.10. The minimum atomic E-state index is -3.75. The molecule has 0 aliphatic carbocycles. The number of hydrogen-bond acceptors (Lipinski definition) is 4. The van der Waals surface area contributed by atoms with E-state index in [2.05, 4.69) is 14.8 Å². The fourth-order valence-corrected chi connectivity index (χ4v) is 3.99. The molecule has 3 aromatic rings. The lowest BCUT2D eigenvalue weighted by Gasteiger charge is -2.10. The average Bonchev–Trinajstić information content (AvgIpc) is 2.81. The molecule has 23 heavy (non-hydrogen) atoms. The summed E-state index contributed by atoms with van der Waals surface area (Å²) in [6, 6.07) is 8.74. The maximum Gasteiger partial charge on any atom is 0.264 e. The highest BCUT2D eigenvalue weighted by molar-refractivity contribution is 7.93. The van der Waals surface area contributed by atoms with E-state index in [-0.39, 0.29) is 4.90 Å². The summed E-state index contributed by atoms with van der Waals surface area (Å²) in [7, 11) is -3.75. The number of nitrogens with zero attached hydrogens (tertiary/aromatic N) is 3. The van der Waals surface area contributed by atoms with E-state index in [9.17, 15) is 8.42 Å². The Morgan fingerprint density at radius 1 is 1.17 bits per heavy atom. The number of aryl methyl sites for hydroxylation is 2. The summed E-state index contributed by atoms with van der Waals surface area (Å²) in [4.78, 5) is 4.38. The van der Waals surface area contributed by atoms with E-state index in [1.165, 1.54) is 0 Å². The minimum absolute atomic E-state index is 0.165. The molecule has 0 spiro atoms. The molecule has 2 heterocycles. The van der Waals surface area contributed by atoms with Gasteiger partial charge in [0.2, 0.25) is 0 Å². The van der Waals surface area contributed by atoms with Gasteiger partial charge in [-0.3, -0.25) is 14.4 Å². The highest BCUT2D eigenvalue weighted by Gasteiger charge is 2.22. The van der Waals surface area contributed by atoms with Crippen LogP contribution in [0, 0.1) is 13.8 Å². The fraction of sp³-hybridized carbons (Fsp3) is 0.250. The molecule has 0 radical (unpaired) electrons. The van der Waals surface area contributed by atoms with Gasteiger partial charge in [-0.1, -0.05) is 18.2 Å². The molecular formula is C16H18N4O2S. The molecule has 120 valence electrons. The molecular weight excluding hydrogens is 312 g/mol. The highest BCUT2D eigenvalue weighted by Crippen LogP contribution is 2.26. The third-order valence-electron chi connectivity index (χ3n) is 3.80. The third kappa shape index (κ3) is 2.68. The van der Waals surface area contributed by atoms with Crippen LogP contribution in [0.3, 0.4) is 0 Å². The average molecular weight is 330 g/mol. The second-order valence-corrected chi connectivity index (χ2v) is 6.95. The maximum atomic E-state index is 12.8. The molecule has 7 heteroatoms. The van der Waals surface area contributed by atoms with Crippen LogP contribution in [0.4, 0.5) is 5.69 Å². The van der Waals surface area contributed by atoms with Gasteiger partial charge in [-0.05, 0) is 32.9 Å². The van der Waals surface area contributed by atoms with Crippen molar-refractivity contribution in [1.82, 2.24) is 14.8 Å². The first-order chi connectivity index (χ1) is 10.9. The Kier molecular flexibility index (Phi) is 3.81. The van der Waals surface area contributed by atoms with Crippen LogP contribution in [-0.4, -0.2) is 23.2 Å². The van der Waals surface area contributed by atoms with Crippen molar-refractivity contribution in [2.75, 3.05) is 4.72 Å². The normalized spacial score (nSPS) is 11.8. The summed E-state index contributed by atoms with van der Waals surface area (Å²) < 4.78 is 30.1. The summed E-state index contributed by atoms with van der Waals surface area (Å²) in [5.74, 6) is 0. The van der Waals surface area contributed by atoms with Crippen molar-refractivity contribution in [2.24, 2.45) is 0 Å². The first kappa shape index (κ1) is 15.5. The first-order valence-electron chi connectivity index (χ1n) is 7.34. The van der Waals surface area contributed by atoms with Crippen LogP contribution >= 0.6 is 0 Å². The number of sulfonamides is 1. The molecule has 0 amide bonds. The summed E-state index contributed by atoms with van der Waals surface area (Å²) in [5.41, 5.74) is 2.43. The van der Waals surface area contributed by atoms with Crippen LogP contribution in [0.5, 0.6) is 0 Å². The summed E-state index contributed by atoms with van der Waals surface area (Å²) in [6.07, 6.45) is 1.59. The molecule has 0 saturated heterocycles. The number of para-hydroxylation sites is 1. The van der Waals surface area contributed by atoms with Crippen molar-refractivity contribution >= 4 is 26.6 Å². The summed E-state index contributed by atoms with van der Waals surface area (Å²) >= 11 is 0. The Labute approximate surface area is 135 Å². The predicted molar refractivity (Wildman–Crippen MR) is 89.9 cm³/mol. The van der Waals surface area contributed by atoms with E-state index in [1.807, 2.05) is 26.0 Å². The number of fused-ring (bicyclic) bond motifs is 1. The Bertz CT molecular complexity index is 972. The molecule has 0 unspecified atom stereocenters. The maximum absolute atomic E-state index is 12.8. The standard InChI is InChI=1S/C16H18N4O2S/c1-4-20-12(3)15(11(2)18-20)19-23(21,22)14-9-5-7-13-8-6-10-17-16(13)14/h5-10,19H,4H2,1-3H3. The highest BCUT2D eigenvalue weighted by atomic mass is 32.2. The number of hydrogen-bond donors (Lipinski definition) is 1. The van der Waals surface area contributed by atoms with Crippen LogP contribution in [0.15, 0.2) is 41.4 Å². The molecule has 0 saturated carbocycles. The first-order valence-corrected chi connectivity index (χ1v) is 8.83. The monoisotopic (exact) mass is 330 g/mol. The van der Waals surface area contributed by atoms with Gasteiger partial charge in [0.1, 0.15) is 4.90 Å². The van der Waals surface area contributed by atoms with E-state index in [4.69, 9.17) is 0 Å². The Hall–Kier alpha value is -2.41. The van der Waals surface area contributed by atoms with Gasteiger partial charge in [-0.25, -0.2) is 8.42 Å². The number of benzene rings is 1. The molecule has 1 N–H and O–H groups in total. The van der Waals surface area contributed by atoms with E-state index in [0.29, 0.717) is 23.4 Å². The lowest BCUT2D eigenvalue weighted by Crippen LogP contribution is -2.15. The van der Waals surface area contributed by atoms with E-state index >= 15 is 0 Å². The number of anilines is 1. The number of rotatable bonds is 4. The third-order valence-corrected chi connectivity index (χ3v) is 5.18. The molecule has 0 bridgehead atoms. The van der Waals surface area contributed by atoms with Gasteiger partial charge in [0.05, 0.1) is 22.6 Å². The summed E-state index contributed by atoms with van der Waals surface area (Å²) in [5, 5.41) is 5.13.